The lowest BCUT2D eigenvalue weighted by atomic mass is 9.89. The first-order valence-electron chi connectivity index (χ1n) is 19.8. The molecule has 0 atom stereocenters. The Morgan fingerprint density at radius 3 is 1.07 bits per heavy atom. The summed E-state index contributed by atoms with van der Waals surface area (Å²) in [7, 11) is 0. The van der Waals surface area contributed by atoms with Crippen LogP contribution in [0, 0.1) is 0 Å². The number of hydrogen-bond donors (Lipinski definition) is 0. The van der Waals surface area contributed by atoms with E-state index in [0.29, 0.717) is 0 Å². The molecule has 10 aromatic carbocycles. The van der Waals surface area contributed by atoms with E-state index in [-0.39, 0.29) is 0 Å². The van der Waals surface area contributed by atoms with E-state index in [4.69, 9.17) is 0 Å². The van der Waals surface area contributed by atoms with E-state index >= 15 is 0 Å². The minimum Gasteiger partial charge on any atom is -0.0619 e. The summed E-state index contributed by atoms with van der Waals surface area (Å²) < 4.78 is 0. The summed E-state index contributed by atoms with van der Waals surface area (Å²) in [5.41, 5.74) is 21.4. The molecule has 0 spiro atoms. The van der Waals surface area contributed by atoms with Crippen LogP contribution in [0.25, 0.3) is 99.1 Å². The Kier molecular flexibility index (Phi) is 6.86. The van der Waals surface area contributed by atoms with Crippen molar-refractivity contribution < 1.29 is 0 Å². The smallest absolute Gasteiger partial charge is 0.000729 e. The second-order valence-corrected chi connectivity index (χ2v) is 15.6. The van der Waals surface area contributed by atoms with Crippen LogP contribution in [-0.4, -0.2) is 0 Å². The Morgan fingerprint density at radius 1 is 0.214 bits per heavy atom. The Morgan fingerprint density at radius 2 is 0.571 bits per heavy atom. The van der Waals surface area contributed by atoms with Crippen molar-refractivity contribution in [3.05, 3.63) is 216 Å². The largest absolute Gasteiger partial charge is 0.0619 e. The van der Waals surface area contributed by atoms with Gasteiger partial charge in [-0.15, -0.1) is 0 Å². The van der Waals surface area contributed by atoms with Crippen LogP contribution in [-0.2, 0) is 12.8 Å². The molecule has 0 amide bonds. The summed E-state index contributed by atoms with van der Waals surface area (Å²) >= 11 is 0. The van der Waals surface area contributed by atoms with E-state index in [2.05, 4.69) is 194 Å². The van der Waals surface area contributed by atoms with Gasteiger partial charge in [-0.05, 0) is 158 Å². The molecule has 0 aromatic heterocycles. The number of rotatable bonds is 4. The first-order chi connectivity index (χ1) is 27.7. The highest BCUT2D eigenvalue weighted by molar-refractivity contribution is 6.26. The van der Waals surface area contributed by atoms with Gasteiger partial charge in [-0.1, -0.05) is 170 Å². The monoisotopic (exact) mass is 708 g/mol. The SMILES string of the molecule is c1cc(-c2ccc3c4ccc(-c5cccc(-c6cccc7c6Cc6ccccc6-7)c5)cc4c4ccccc4c3c2)cc(-c2cccc3c2Cc2ccccc2-3)c1. The second kappa shape index (κ2) is 12.2. The van der Waals surface area contributed by atoms with E-state index in [0.717, 1.165) is 12.8 Å². The molecule has 0 fully saturated rings. The zero-order chi connectivity index (χ0) is 36.7. The minimum atomic E-state index is 0.984. The van der Waals surface area contributed by atoms with Crippen molar-refractivity contribution in [2.45, 2.75) is 12.8 Å². The van der Waals surface area contributed by atoms with Gasteiger partial charge < -0.3 is 0 Å². The average Bonchev–Trinajstić information content (AvgIpc) is 3.85. The van der Waals surface area contributed by atoms with Crippen LogP contribution >= 0.6 is 0 Å². The Hall–Kier alpha value is -7.02. The molecule has 0 nitrogen and oxygen atoms in total. The van der Waals surface area contributed by atoms with E-state index in [9.17, 15) is 0 Å². The quantitative estimate of drug-likeness (QED) is 0.160. The molecule has 12 rings (SSSR count). The van der Waals surface area contributed by atoms with E-state index < -0.39 is 0 Å². The number of benzene rings is 10. The van der Waals surface area contributed by atoms with Crippen molar-refractivity contribution in [1.29, 1.82) is 0 Å². The summed E-state index contributed by atoms with van der Waals surface area (Å²) in [5.74, 6) is 0. The van der Waals surface area contributed by atoms with Gasteiger partial charge in [0.1, 0.15) is 0 Å². The molecule has 0 heteroatoms. The lowest BCUT2D eigenvalue weighted by Gasteiger charge is -2.15. The zero-order valence-corrected chi connectivity index (χ0v) is 30.9. The summed E-state index contributed by atoms with van der Waals surface area (Å²) in [6, 6.07) is 72.6. The number of fused-ring (bicyclic) bond motifs is 12. The third kappa shape index (κ3) is 4.79. The summed E-state index contributed by atoms with van der Waals surface area (Å²) in [4.78, 5) is 0. The zero-order valence-electron chi connectivity index (χ0n) is 30.9. The van der Waals surface area contributed by atoms with Gasteiger partial charge in [0.15, 0.2) is 0 Å². The maximum atomic E-state index is 2.41. The lowest BCUT2D eigenvalue weighted by molar-refractivity contribution is 1.26. The van der Waals surface area contributed by atoms with Gasteiger partial charge in [0, 0.05) is 0 Å². The number of hydrogen-bond acceptors (Lipinski definition) is 0. The Bertz CT molecular complexity index is 3010. The summed E-state index contributed by atoms with van der Waals surface area (Å²) in [5, 5.41) is 7.74. The third-order valence-corrected chi connectivity index (χ3v) is 12.6. The molecule has 0 bridgehead atoms. The van der Waals surface area contributed by atoms with Gasteiger partial charge in [-0.2, -0.15) is 0 Å². The minimum absolute atomic E-state index is 0.984. The maximum Gasteiger partial charge on any atom is -0.000729 e. The Balaban J connectivity index is 0.943. The molecule has 0 saturated heterocycles. The van der Waals surface area contributed by atoms with Crippen LogP contribution < -0.4 is 0 Å². The molecule has 0 heterocycles. The highest BCUT2D eigenvalue weighted by atomic mass is 14.3. The topological polar surface area (TPSA) is 0 Å². The first-order valence-corrected chi connectivity index (χ1v) is 19.8. The normalized spacial score (nSPS) is 12.5. The summed E-state index contributed by atoms with van der Waals surface area (Å²) in [6.07, 6.45) is 1.97. The highest BCUT2D eigenvalue weighted by Gasteiger charge is 2.23. The molecular weight excluding hydrogens is 673 g/mol. The van der Waals surface area contributed by atoms with Crippen molar-refractivity contribution >= 4 is 32.3 Å². The Labute approximate surface area is 327 Å². The van der Waals surface area contributed by atoms with Gasteiger partial charge >= 0.3 is 0 Å². The molecule has 0 N–H and O–H groups in total. The van der Waals surface area contributed by atoms with Crippen LogP contribution in [0.1, 0.15) is 22.3 Å². The predicted molar refractivity (Wildman–Crippen MR) is 237 cm³/mol. The van der Waals surface area contributed by atoms with Gasteiger partial charge in [-0.3, -0.25) is 0 Å². The molecule has 56 heavy (non-hydrogen) atoms. The van der Waals surface area contributed by atoms with E-state index in [1.165, 1.54) is 121 Å². The fraction of sp³-hybridized carbons (Fsp3) is 0.0357. The fourth-order valence-corrected chi connectivity index (χ4v) is 9.90. The van der Waals surface area contributed by atoms with Gasteiger partial charge in [0.05, 0.1) is 0 Å². The van der Waals surface area contributed by atoms with Gasteiger partial charge in [-0.25, -0.2) is 0 Å². The van der Waals surface area contributed by atoms with E-state index in [1.807, 2.05) is 0 Å². The first kappa shape index (κ1) is 31.3. The van der Waals surface area contributed by atoms with Gasteiger partial charge in [0.2, 0.25) is 0 Å². The van der Waals surface area contributed by atoms with Crippen LogP contribution in [0.3, 0.4) is 0 Å². The third-order valence-electron chi connectivity index (χ3n) is 12.6. The molecule has 0 saturated carbocycles. The standard InChI is InChI=1S/C56H36/c1-3-17-43-41(11-1)33-53-45(21-9-23-47(43)53)39-15-7-13-35(29-39)37-25-27-51-52-28-26-38(32-56(52)50-20-6-5-19-49(50)55(51)31-37)36-14-8-16-40(30-36)46-22-10-24-48-44-18-4-2-12-42(44)34-54(46)48/h1-32H,33-34H2. The van der Waals surface area contributed by atoms with Crippen molar-refractivity contribution in [2.24, 2.45) is 0 Å². The molecular formula is C56H36. The van der Waals surface area contributed by atoms with Crippen molar-refractivity contribution in [3.63, 3.8) is 0 Å². The molecule has 0 radical (unpaired) electrons. The molecule has 0 aliphatic heterocycles. The highest BCUT2D eigenvalue weighted by Crippen LogP contribution is 2.45. The molecule has 0 unspecified atom stereocenters. The van der Waals surface area contributed by atoms with Crippen LogP contribution in [0.2, 0.25) is 0 Å². The van der Waals surface area contributed by atoms with Crippen LogP contribution in [0.4, 0.5) is 0 Å². The van der Waals surface area contributed by atoms with Gasteiger partial charge in [0.25, 0.3) is 0 Å². The van der Waals surface area contributed by atoms with Crippen LogP contribution in [0.15, 0.2) is 194 Å². The van der Waals surface area contributed by atoms with Crippen molar-refractivity contribution in [3.8, 4) is 66.8 Å². The van der Waals surface area contributed by atoms with Crippen molar-refractivity contribution in [2.75, 3.05) is 0 Å². The van der Waals surface area contributed by atoms with E-state index in [1.54, 1.807) is 0 Å². The van der Waals surface area contributed by atoms with Crippen LogP contribution in [0.5, 0.6) is 0 Å². The molecule has 260 valence electrons. The van der Waals surface area contributed by atoms with Crippen molar-refractivity contribution in [1.82, 2.24) is 0 Å². The molecule has 2 aliphatic rings. The second-order valence-electron chi connectivity index (χ2n) is 15.6. The average molecular weight is 709 g/mol. The lowest BCUT2D eigenvalue weighted by Crippen LogP contribution is -1.90. The molecule has 10 aromatic rings. The maximum absolute atomic E-state index is 2.41. The molecule has 2 aliphatic carbocycles. The fourth-order valence-electron chi connectivity index (χ4n) is 9.90. The predicted octanol–water partition coefficient (Wildman–Crippen LogP) is 15.0. The summed E-state index contributed by atoms with van der Waals surface area (Å²) in [6.45, 7) is 0.